The summed E-state index contributed by atoms with van der Waals surface area (Å²) in [6.45, 7) is 17.4. The minimum atomic E-state index is 0.402. The number of carbonyl (C=O) groups excluding carboxylic acids is 1. The van der Waals surface area contributed by atoms with E-state index in [0.717, 1.165) is 42.9 Å². The smallest absolute Gasteiger partial charge is 0.133 e. The van der Waals surface area contributed by atoms with Gasteiger partial charge in [0.05, 0.1) is 0 Å². The number of hydrogen-bond acceptors (Lipinski definition) is 1. The molecule has 0 aromatic carbocycles. The van der Waals surface area contributed by atoms with E-state index in [2.05, 4.69) is 41.2 Å². The van der Waals surface area contributed by atoms with E-state index in [1.807, 2.05) is 0 Å². The Hall–Kier alpha value is -0.590. The van der Waals surface area contributed by atoms with Gasteiger partial charge in [0.2, 0.25) is 0 Å². The molecule has 0 aromatic rings. The largest absolute Gasteiger partial charge is 0.300 e. The zero-order valence-electron chi connectivity index (χ0n) is 19.8. The van der Waals surface area contributed by atoms with E-state index >= 15 is 0 Å². The van der Waals surface area contributed by atoms with E-state index in [4.69, 9.17) is 0 Å². The third-order valence-electron chi connectivity index (χ3n) is 12.4. The summed E-state index contributed by atoms with van der Waals surface area (Å²) in [5.74, 6) is 4.50. The van der Waals surface area contributed by atoms with Crippen molar-refractivity contribution in [3.05, 3.63) is 12.2 Å². The third-order valence-corrected chi connectivity index (χ3v) is 12.4. The van der Waals surface area contributed by atoms with Gasteiger partial charge >= 0.3 is 0 Å². The molecule has 0 bridgehead atoms. The number of allylic oxidation sites excluding steroid dienone is 1. The minimum absolute atomic E-state index is 0.402. The van der Waals surface area contributed by atoms with Crippen LogP contribution in [0.15, 0.2) is 12.2 Å². The normalized spacial score (nSPS) is 56.7. The first kappa shape index (κ1) is 20.3. The van der Waals surface area contributed by atoms with Crippen LogP contribution >= 0.6 is 0 Å². The first-order valence-corrected chi connectivity index (χ1v) is 12.7. The van der Waals surface area contributed by atoms with Crippen molar-refractivity contribution in [1.29, 1.82) is 0 Å². The van der Waals surface area contributed by atoms with E-state index in [9.17, 15) is 4.79 Å². The molecule has 1 heteroatoms. The molecule has 0 saturated heterocycles. The molecule has 0 aromatic heterocycles. The highest BCUT2D eigenvalue weighted by molar-refractivity contribution is 5.79. The van der Waals surface area contributed by atoms with E-state index in [-0.39, 0.29) is 0 Å². The van der Waals surface area contributed by atoms with E-state index in [1.165, 1.54) is 56.9 Å². The molecule has 5 fully saturated rings. The van der Waals surface area contributed by atoms with Gasteiger partial charge < -0.3 is 0 Å². The number of ketones is 1. The van der Waals surface area contributed by atoms with Gasteiger partial charge in [0.25, 0.3) is 0 Å². The molecular weight excluding hydrogens is 352 g/mol. The minimum Gasteiger partial charge on any atom is -0.300 e. The van der Waals surface area contributed by atoms with Crippen LogP contribution in [0.25, 0.3) is 0 Å². The molecule has 162 valence electrons. The Morgan fingerprint density at radius 2 is 1.66 bits per heavy atom. The van der Waals surface area contributed by atoms with Crippen LogP contribution in [-0.4, -0.2) is 5.78 Å². The molecule has 0 amide bonds. The fraction of sp³-hybridized carbons (Fsp3) is 0.893. The van der Waals surface area contributed by atoms with Gasteiger partial charge in [-0.05, 0) is 116 Å². The highest BCUT2D eigenvalue weighted by Crippen LogP contribution is 2.76. The Labute approximate surface area is 179 Å². The van der Waals surface area contributed by atoms with Crippen molar-refractivity contribution in [3.8, 4) is 0 Å². The standard InChI is InChI=1S/C28H44O/c1-18(2)21-11-12-25(3)15-16-27(5)22(24(21)25)7-8-23-26(4)13-10-20(29)17-19(26)9-14-28(23,27)6/h19,21-24H,1,7-17H2,2-6H3/t19-,21-,22-,23+,24-,25-,26+,27+,28-/m0/s1. The van der Waals surface area contributed by atoms with E-state index in [1.54, 1.807) is 0 Å². The van der Waals surface area contributed by atoms with Crippen LogP contribution in [0.2, 0.25) is 0 Å². The quantitative estimate of drug-likeness (QED) is 0.417. The summed E-state index contributed by atoms with van der Waals surface area (Å²) in [6.07, 6.45) is 14.0. The first-order chi connectivity index (χ1) is 13.6. The van der Waals surface area contributed by atoms with Gasteiger partial charge in [0.15, 0.2) is 0 Å². The molecule has 0 radical (unpaired) electrons. The van der Waals surface area contributed by atoms with Crippen molar-refractivity contribution in [2.75, 3.05) is 0 Å². The predicted octanol–water partition coefficient (Wildman–Crippen LogP) is 7.60. The van der Waals surface area contributed by atoms with Crippen molar-refractivity contribution >= 4 is 5.78 Å². The van der Waals surface area contributed by atoms with E-state index < -0.39 is 0 Å². The third kappa shape index (κ3) is 2.48. The Morgan fingerprint density at radius 3 is 2.38 bits per heavy atom. The molecule has 5 aliphatic rings. The number of fused-ring (bicyclic) bond motifs is 7. The Morgan fingerprint density at radius 1 is 0.897 bits per heavy atom. The number of Topliss-reactive ketones (excluding diaryl/α,β-unsaturated/α-hetero) is 1. The number of hydrogen-bond donors (Lipinski definition) is 0. The average Bonchev–Trinajstić information content (AvgIpc) is 3.01. The summed E-state index contributed by atoms with van der Waals surface area (Å²) in [6, 6.07) is 0. The summed E-state index contributed by atoms with van der Waals surface area (Å²) in [7, 11) is 0. The Kier molecular flexibility index (Phi) is 4.36. The van der Waals surface area contributed by atoms with Gasteiger partial charge in [-0.2, -0.15) is 0 Å². The van der Waals surface area contributed by atoms with Crippen LogP contribution in [0.5, 0.6) is 0 Å². The summed E-state index contributed by atoms with van der Waals surface area (Å²) in [5.41, 5.74) is 3.32. The Balaban J connectivity index is 1.54. The molecule has 9 atom stereocenters. The molecule has 5 rings (SSSR count). The Bertz CT molecular complexity index is 737. The molecule has 0 N–H and O–H groups in total. The zero-order valence-corrected chi connectivity index (χ0v) is 19.8. The van der Waals surface area contributed by atoms with Crippen LogP contribution < -0.4 is 0 Å². The molecule has 0 spiro atoms. The van der Waals surface area contributed by atoms with Gasteiger partial charge in [0, 0.05) is 12.8 Å². The lowest BCUT2D eigenvalue weighted by Crippen LogP contribution is -2.64. The molecular formula is C28H44O. The highest BCUT2D eigenvalue weighted by atomic mass is 16.1. The first-order valence-electron chi connectivity index (χ1n) is 12.7. The van der Waals surface area contributed by atoms with Crippen molar-refractivity contribution in [1.82, 2.24) is 0 Å². The summed E-state index contributed by atoms with van der Waals surface area (Å²) < 4.78 is 0. The van der Waals surface area contributed by atoms with Crippen LogP contribution in [0, 0.1) is 51.2 Å². The topological polar surface area (TPSA) is 17.1 Å². The highest BCUT2D eigenvalue weighted by Gasteiger charge is 2.68. The van der Waals surface area contributed by atoms with Gasteiger partial charge in [-0.3, -0.25) is 4.79 Å². The van der Waals surface area contributed by atoms with Gasteiger partial charge in [0.1, 0.15) is 5.78 Å². The zero-order chi connectivity index (χ0) is 20.8. The maximum absolute atomic E-state index is 12.2. The number of rotatable bonds is 1. The van der Waals surface area contributed by atoms with Crippen LogP contribution in [-0.2, 0) is 4.79 Å². The second-order valence-corrected chi connectivity index (χ2v) is 13.2. The van der Waals surface area contributed by atoms with Crippen molar-refractivity contribution in [3.63, 3.8) is 0 Å². The van der Waals surface area contributed by atoms with Crippen molar-refractivity contribution in [2.45, 2.75) is 105 Å². The molecule has 0 heterocycles. The summed E-state index contributed by atoms with van der Waals surface area (Å²) >= 11 is 0. The average molecular weight is 397 g/mol. The molecule has 1 nitrogen and oxygen atoms in total. The maximum Gasteiger partial charge on any atom is 0.133 e. The summed E-state index contributed by atoms with van der Waals surface area (Å²) in [5, 5.41) is 0. The molecule has 5 saturated carbocycles. The lowest BCUT2D eigenvalue weighted by atomic mass is 9.33. The van der Waals surface area contributed by atoms with Gasteiger partial charge in [-0.25, -0.2) is 0 Å². The maximum atomic E-state index is 12.2. The molecule has 0 aliphatic heterocycles. The van der Waals surface area contributed by atoms with Crippen molar-refractivity contribution < 1.29 is 4.79 Å². The SMILES string of the molecule is C=C(C)[C@@H]1CC[C@@]2(C)CC[C@]3(C)[C@@H](CC[C@@H]4[C@]5(C)CCC(=O)C[C@@H]5CC[C@@]43C)[C@H]12. The van der Waals surface area contributed by atoms with Crippen LogP contribution in [0.3, 0.4) is 0 Å². The lowest BCUT2D eigenvalue weighted by Gasteiger charge is -2.71. The fourth-order valence-corrected chi connectivity index (χ4v) is 10.4. The van der Waals surface area contributed by atoms with Crippen LogP contribution in [0.4, 0.5) is 0 Å². The predicted molar refractivity (Wildman–Crippen MR) is 120 cm³/mol. The fourth-order valence-electron chi connectivity index (χ4n) is 10.4. The van der Waals surface area contributed by atoms with Gasteiger partial charge in [-0.15, -0.1) is 0 Å². The molecule has 0 unspecified atom stereocenters. The van der Waals surface area contributed by atoms with Crippen LogP contribution in [0.1, 0.15) is 105 Å². The second kappa shape index (κ2) is 6.23. The molecule has 29 heavy (non-hydrogen) atoms. The second-order valence-electron chi connectivity index (χ2n) is 13.2. The lowest BCUT2D eigenvalue weighted by molar-refractivity contribution is -0.220. The van der Waals surface area contributed by atoms with Gasteiger partial charge in [-0.1, -0.05) is 39.8 Å². The van der Waals surface area contributed by atoms with Crippen molar-refractivity contribution in [2.24, 2.45) is 51.2 Å². The monoisotopic (exact) mass is 396 g/mol. The number of carbonyl (C=O) groups is 1. The molecule has 5 aliphatic carbocycles. The summed E-state index contributed by atoms with van der Waals surface area (Å²) in [4.78, 5) is 12.2. The van der Waals surface area contributed by atoms with E-state index in [0.29, 0.717) is 33.4 Å².